The number of hydrogen-bond acceptors (Lipinski definition) is 4. The Kier molecular flexibility index (Phi) is 7.72. The fraction of sp³-hybridized carbons (Fsp3) is 0.250. The monoisotopic (exact) mass is 555 g/mol. The molecule has 1 atom stereocenters. The number of aromatic nitrogens is 3. The van der Waals surface area contributed by atoms with E-state index in [-0.39, 0.29) is 5.91 Å². The maximum absolute atomic E-state index is 13.3. The van der Waals surface area contributed by atoms with E-state index in [0.29, 0.717) is 13.0 Å². The second-order valence-corrected chi connectivity index (χ2v) is 11.7. The number of carbonyl (C=O) groups is 1. The molecule has 0 aliphatic heterocycles. The third kappa shape index (κ3) is 5.90. The number of fused-ring (bicyclic) bond motifs is 2. The molecule has 0 spiro atoms. The summed E-state index contributed by atoms with van der Waals surface area (Å²) in [5.74, 6) is 1.42. The minimum Gasteiger partial charge on any atom is -0.344 e. The Labute approximate surface area is 247 Å². The van der Waals surface area contributed by atoms with Crippen LogP contribution in [0.1, 0.15) is 60.2 Å². The molecule has 0 saturated heterocycles. The highest BCUT2D eigenvalue weighted by Gasteiger charge is 2.30. The van der Waals surface area contributed by atoms with Gasteiger partial charge in [-0.1, -0.05) is 103 Å². The normalized spacial score (nSPS) is 13.5. The summed E-state index contributed by atoms with van der Waals surface area (Å²) in [6, 6.07) is 33.4. The summed E-state index contributed by atoms with van der Waals surface area (Å²) in [5, 5.41) is 15.1. The Morgan fingerprint density at radius 3 is 2.48 bits per heavy atom. The molecule has 1 amide bonds. The molecule has 0 saturated carbocycles. The lowest BCUT2D eigenvalue weighted by molar-refractivity contribution is -0.126. The van der Waals surface area contributed by atoms with Crippen LogP contribution in [0.25, 0.3) is 16.3 Å². The molecule has 1 heterocycles. The van der Waals surface area contributed by atoms with Gasteiger partial charge in [-0.15, -0.1) is 10.2 Å². The summed E-state index contributed by atoms with van der Waals surface area (Å²) in [4.78, 5) is 13.3. The first-order valence-corrected chi connectivity index (χ1v) is 14.7. The lowest BCUT2D eigenvalue weighted by Crippen LogP contribution is -2.50. The Hall–Kier alpha value is -4.55. The van der Waals surface area contributed by atoms with Gasteiger partial charge in [0.15, 0.2) is 5.82 Å². The Morgan fingerprint density at radius 1 is 0.905 bits per heavy atom. The predicted molar refractivity (Wildman–Crippen MR) is 169 cm³/mol. The first kappa shape index (κ1) is 27.6. The number of allylic oxidation sites excluding steroid dienone is 1. The largest absolute Gasteiger partial charge is 0.344 e. The SMILES string of the molecule is CC(C)(N)C(=O)N[C@H](CC1=CCc2ccccc21)c1nnc(CCc2ccccc2)n1Cc1cccc2ccccc12. The smallest absolute Gasteiger partial charge is 0.240 e. The van der Waals surface area contributed by atoms with Crippen molar-refractivity contribution in [3.05, 3.63) is 137 Å². The molecular formula is C36H37N5O. The van der Waals surface area contributed by atoms with Crippen LogP contribution in [0.5, 0.6) is 0 Å². The Bertz CT molecular complexity index is 1740. The van der Waals surface area contributed by atoms with E-state index in [4.69, 9.17) is 15.9 Å². The Balaban J connectivity index is 1.41. The van der Waals surface area contributed by atoms with E-state index >= 15 is 0 Å². The first-order valence-electron chi connectivity index (χ1n) is 14.7. The molecule has 6 rings (SSSR count). The van der Waals surface area contributed by atoms with Crippen LogP contribution in [-0.2, 0) is 30.6 Å². The highest BCUT2D eigenvalue weighted by Crippen LogP contribution is 2.35. The van der Waals surface area contributed by atoms with Gasteiger partial charge in [0.2, 0.25) is 5.91 Å². The number of nitrogens with one attached hydrogen (secondary N) is 1. The van der Waals surface area contributed by atoms with Gasteiger partial charge in [0.25, 0.3) is 0 Å². The van der Waals surface area contributed by atoms with Gasteiger partial charge in [0.05, 0.1) is 18.1 Å². The third-order valence-corrected chi connectivity index (χ3v) is 8.10. The number of amides is 1. The molecule has 4 aromatic carbocycles. The molecule has 0 unspecified atom stereocenters. The van der Waals surface area contributed by atoms with Crippen molar-refractivity contribution in [2.45, 2.75) is 57.7 Å². The molecule has 3 N–H and O–H groups in total. The summed E-state index contributed by atoms with van der Waals surface area (Å²) in [6.07, 6.45) is 5.33. The molecule has 0 radical (unpaired) electrons. The van der Waals surface area contributed by atoms with Crippen molar-refractivity contribution >= 4 is 22.3 Å². The standard InChI is InChI=1S/C36H37N5O/c1-36(2,37)35(42)38-32(23-28-21-20-27-14-7-8-17-30(27)28)34-40-39-33(22-19-25-11-4-3-5-12-25)41(34)24-29-16-10-15-26-13-6-9-18-31(26)29/h3-18,21,32H,19-20,22-24,37H2,1-2H3,(H,38,42)/t32-/m1/s1. The van der Waals surface area contributed by atoms with Crippen molar-refractivity contribution in [3.8, 4) is 0 Å². The van der Waals surface area contributed by atoms with Crippen LogP contribution in [0.4, 0.5) is 0 Å². The van der Waals surface area contributed by atoms with Gasteiger partial charge >= 0.3 is 0 Å². The maximum atomic E-state index is 13.3. The highest BCUT2D eigenvalue weighted by atomic mass is 16.2. The number of nitrogens with zero attached hydrogens (tertiary/aromatic N) is 3. The summed E-state index contributed by atoms with van der Waals surface area (Å²) < 4.78 is 2.21. The summed E-state index contributed by atoms with van der Waals surface area (Å²) in [6.45, 7) is 4.06. The highest BCUT2D eigenvalue weighted by molar-refractivity contribution is 5.86. The molecule has 6 heteroatoms. The van der Waals surface area contributed by atoms with Crippen LogP contribution in [0.2, 0.25) is 0 Å². The number of hydrogen-bond donors (Lipinski definition) is 2. The van der Waals surface area contributed by atoms with Gasteiger partial charge in [0, 0.05) is 12.8 Å². The van der Waals surface area contributed by atoms with Gasteiger partial charge in [-0.2, -0.15) is 0 Å². The molecule has 0 bridgehead atoms. The second-order valence-electron chi connectivity index (χ2n) is 11.7. The Morgan fingerprint density at radius 2 is 1.64 bits per heavy atom. The number of nitrogens with two attached hydrogens (primary N) is 1. The van der Waals surface area contributed by atoms with Crippen LogP contribution in [0.3, 0.4) is 0 Å². The molecule has 1 aliphatic carbocycles. The molecule has 6 nitrogen and oxygen atoms in total. The fourth-order valence-electron chi connectivity index (χ4n) is 5.78. The predicted octanol–water partition coefficient (Wildman–Crippen LogP) is 6.19. The van der Waals surface area contributed by atoms with E-state index in [1.54, 1.807) is 13.8 Å². The second kappa shape index (κ2) is 11.7. The van der Waals surface area contributed by atoms with Crippen molar-refractivity contribution in [1.29, 1.82) is 0 Å². The molecular weight excluding hydrogens is 518 g/mol. The maximum Gasteiger partial charge on any atom is 0.240 e. The average molecular weight is 556 g/mol. The lowest BCUT2D eigenvalue weighted by atomic mass is 9.97. The zero-order valence-electron chi connectivity index (χ0n) is 24.3. The third-order valence-electron chi connectivity index (χ3n) is 8.10. The average Bonchev–Trinajstić information content (AvgIpc) is 3.59. The number of carbonyl (C=O) groups excluding carboxylic acids is 1. The van der Waals surface area contributed by atoms with E-state index in [9.17, 15) is 4.79 Å². The van der Waals surface area contributed by atoms with E-state index in [2.05, 4.69) is 107 Å². The summed E-state index contributed by atoms with van der Waals surface area (Å²) in [7, 11) is 0. The zero-order valence-corrected chi connectivity index (χ0v) is 24.3. The van der Waals surface area contributed by atoms with Gasteiger partial charge in [0.1, 0.15) is 5.82 Å². The quantitative estimate of drug-likeness (QED) is 0.215. The van der Waals surface area contributed by atoms with Crippen LogP contribution in [0.15, 0.2) is 103 Å². The van der Waals surface area contributed by atoms with E-state index in [1.807, 2.05) is 6.07 Å². The van der Waals surface area contributed by atoms with E-state index in [1.165, 1.54) is 38.6 Å². The lowest BCUT2D eigenvalue weighted by Gasteiger charge is -2.25. The van der Waals surface area contributed by atoms with Gasteiger partial charge in [-0.3, -0.25) is 4.79 Å². The minimum atomic E-state index is -1.03. The van der Waals surface area contributed by atoms with Crippen LogP contribution in [-0.4, -0.2) is 26.2 Å². The topological polar surface area (TPSA) is 85.8 Å². The molecule has 5 aromatic rings. The summed E-state index contributed by atoms with van der Waals surface area (Å²) in [5.41, 5.74) is 11.4. The molecule has 0 fully saturated rings. The van der Waals surface area contributed by atoms with Gasteiger partial charge in [-0.25, -0.2) is 0 Å². The van der Waals surface area contributed by atoms with Crippen LogP contribution >= 0.6 is 0 Å². The number of benzene rings is 4. The molecule has 1 aliphatic rings. The summed E-state index contributed by atoms with van der Waals surface area (Å²) >= 11 is 0. The van der Waals surface area contributed by atoms with Crippen molar-refractivity contribution in [2.24, 2.45) is 5.73 Å². The van der Waals surface area contributed by atoms with E-state index < -0.39 is 11.6 Å². The van der Waals surface area contributed by atoms with Crippen LogP contribution in [0, 0.1) is 0 Å². The fourth-order valence-corrected chi connectivity index (χ4v) is 5.78. The van der Waals surface area contributed by atoms with Crippen molar-refractivity contribution in [3.63, 3.8) is 0 Å². The molecule has 212 valence electrons. The molecule has 1 aromatic heterocycles. The minimum absolute atomic E-state index is 0.218. The van der Waals surface area contributed by atoms with Gasteiger partial charge in [-0.05, 0) is 65.3 Å². The number of rotatable bonds is 10. The van der Waals surface area contributed by atoms with Crippen LogP contribution < -0.4 is 11.1 Å². The molecule has 42 heavy (non-hydrogen) atoms. The van der Waals surface area contributed by atoms with Crippen molar-refractivity contribution in [1.82, 2.24) is 20.1 Å². The van der Waals surface area contributed by atoms with Gasteiger partial charge < -0.3 is 15.6 Å². The van der Waals surface area contributed by atoms with E-state index in [0.717, 1.165) is 30.9 Å². The first-order chi connectivity index (χ1) is 20.4. The zero-order chi connectivity index (χ0) is 29.1. The number of aryl methyl sites for hydroxylation is 2. The van der Waals surface area contributed by atoms with Crippen molar-refractivity contribution in [2.75, 3.05) is 0 Å². The van der Waals surface area contributed by atoms with Crippen molar-refractivity contribution < 1.29 is 4.79 Å².